The molecule has 0 amide bonds. The zero-order chi connectivity index (χ0) is 13.1. The second kappa shape index (κ2) is 5.63. The summed E-state index contributed by atoms with van der Waals surface area (Å²) < 4.78 is 12.9. The van der Waals surface area contributed by atoms with E-state index in [1.165, 1.54) is 11.6 Å². The van der Waals surface area contributed by atoms with Gasteiger partial charge in [0.1, 0.15) is 5.82 Å². The number of hydrogen-bond acceptors (Lipinski definition) is 1. The topological polar surface area (TPSA) is 26.0 Å². The lowest BCUT2D eigenvalue weighted by Gasteiger charge is -2.27. The van der Waals surface area contributed by atoms with E-state index in [4.69, 9.17) is 5.73 Å². The van der Waals surface area contributed by atoms with E-state index < -0.39 is 0 Å². The number of benzene rings is 1. The van der Waals surface area contributed by atoms with Gasteiger partial charge in [0.05, 0.1) is 0 Å². The Bertz CT molecular complexity index is 366. The number of nitrogens with two attached hydrogens (primary N) is 1. The van der Waals surface area contributed by atoms with Crippen molar-refractivity contribution in [3.8, 4) is 0 Å². The summed E-state index contributed by atoms with van der Waals surface area (Å²) in [5, 5.41) is 0. The Morgan fingerprint density at radius 1 is 1.29 bits per heavy atom. The molecular formula is C15H24FN. The quantitative estimate of drug-likeness (QED) is 0.846. The van der Waals surface area contributed by atoms with Crippen LogP contribution in [-0.4, -0.2) is 6.04 Å². The molecule has 0 aliphatic rings. The van der Waals surface area contributed by atoms with Crippen molar-refractivity contribution in [3.05, 3.63) is 35.1 Å². The summed E-state index contributed by atoms with van der Waals surface area (Å²) in [6.45, 7) is 8.46. The summed E-state index contributed by atoms with van der Waals surface area (Å²) in [5.41, 5.74) is 8.55. The Hall–Kier alpha value is -0.890. The first-order valence-electron chi connectivity index (χ1n) is 6.31. The van der Waals surface area contributed by atoms with Gasteiger partial charge in [0.25, 0.3) is 0 Å². The van der Waals surface area contributed by atoms with Gasteiger partial charge in [-0.15, -0.1) is 0 Å². The minimum Gasteiger partial charge on any atom is -0.327 e. The number of aryl methyl sites for hydroxylation is 2. The first-order chi connectivity index (χ1) is 7.80. The highest BCUT2D eigenvalue weighted by molar-refractivity contribution is 5.26. The van der Waals surface area contributed by atoms with E-state index in [1.807, 2.05) is 13.0 Å². The largest absolute Gasteiger partial charge is 0.327 e. The molecule has 0 fully saturated rings. The van der Waals surface area contributed by atoms with Gasteiger partial charge in [-0.3, -0.25) is 0 Å². The molecule has 0 bridgehead atoms. The van der Waals surface area contributed by atoms with Crippen molar-refractivity contribution in [1.82, 2.24) is 0 Å². The molecule has 1 atom stereocenters. The molecule has 1 nitrogen and oxygen atoms in total. The van der Waals surface area contributed by atoms with Crippen LogP contribution in [-0.2, 0) is 6.42 Å². The fourth-order valence-corrected chi connectivity index (χ4v) is 1.89. The van der Waals surface area contributed by atoms with Crippen LogP contribution in [0.4, 0.5) is 4.39 Å². The Morgan fingerprint density at radius 2 is 1.94 bits per heavy atom. The molecule has 0 aromatic heterocycles. The standard InChI is InChI=1S/C15H24FN/c1-11-10-13(16)9-8-12(11)6-5-7-14(17)15(2,3)4/h8-10,14H,5-7,17H2,1-4H3. The number of hydrogen-bond donors (Lipinski definition) is 1. The van der Waals surface area contributed by atoms with Gasteiger partial charge in [0.15, 0.2) is 0 Å². The van der Waals surface area contributed by atoms with Crippen LogP contribution in [0.15, 0.2) is 18.2 Å². The molecule has 2 heteroatoms. The van der Waals surface area contributed by atoms with Gasteiger partial charge in [0.2, 0.25) is 0 Å². The van der Waals surface area contributed by atoms with Crippen molar-refractivity contribution in [2.24, 2.45) is 11.1 Å². The second-order valence-corrected chi connectivity index (χ2v) is 5.94. The van der Waals surface area contributed by atoms with E-state index in [0.717, 1.165) is 24.8 Å². The molecule has 17 heavy (non-hydrogen) atoms. The fourth-order valence-electron chi connectivity index (χ4n) is 1.89. The minimum absolute atomic E-state index is 0.155. The monoisotopic (exact) mass is 237 g/mol. The van der Waals surface area contributed by atoms with Crippen molar-refractivity contribution in [1.29, 1.82) is 0 Å². The van der Waals surface area contributed by atoms with Gasteiger partial charge in [-0.05, 0) is 54.9 Å². The van der Waals surface area contributed by atoms with E-state index in [0.29, 0.717) is 0 Å². The molecule has 0 radical (unpaired) electrons. The third kappa shape index (κ3) is 4.47. The Morgan fingerprint density at radius 3 is 2.47 bits per heavy atom. The molecule has 0 spiro atoms. The van der Waals surface area contributed by atoms with Crippen molar-refractivity contribution in [2.45, 2.75) is 53.0 Å². The summed E-state index contributed by atoms with van der Waals surface area (Å²) in [6.07, 6.45) is 3.06. The fraction of sp³-hybridized carbons (Fsp3) is 0.600. The van der Waals surface area contributed by atoms with E-state index in [-0.39, 0.29) is 17.3 Å². The van der Waals surface area contributed by atoms with Crippen molar-refractivity contribution < 1.29 is 4.39 Å². The molecule has 1 aromatic rings. The maximum Gasteiger partial charge on any atom is 0.123 e. The van der Waals surface area contributed by atoms with E-state index in [9.17, 15) is 4.39 Å². The van der Waals surface area contributed by atoms with E-state index in [1.54, 1.807) is 6.07 Å². The Balaban J connectivity index is 2.46. The van der Waals surface area contributed by atoms with Crippen molar-refractivity contribution in [2.75, 3.05) is 0 Å². The maximum atomic E-state index is 12.9. The van der Waals surface area contributed by atoms with Gasteiger partial charge in [0, 0.05) is 6.04 Å². The van der Waals surface area contributed by atoms with Gasteiger partial charge >= 0.3 is 0 Å². The summed E-state index contributed by atoms with van der Waals surface area (Å²) in [6, 6.07) is 5.24. The highest BCUT2D eigenvalue weighted by Gasteiger charge is 2.19. The van der Waals surface area contributed by atoms with Crippen LogP contribution in [0.2, 0.25) is 0 Å². The third-order valence-electron chi connectivity index (χ3n) is 3.38. The first kappa shape index (κ1) is 14.2. The van der Waals surface area contributed by atoms with Gasteiger partial charge in [-0.25, -0.2) is 4.39 Å². The van der Waals surface area contributed by atoms with Gasteiger partial charge < -0.3 is 5.73 Å². The average molecular weight is 237 g/mol. The molecule has 0 aliphatic carbocycles. The summed E-state index contributed by atoms with van der Waals surface area (Å²) in [4.78, 5) is 0. The molecule has 0 saturated heterocycles. The van der Waals surface area contributed by atoms with Crippen molar-refractivity contribution >= 4 is 0 Å². The number of halogens is 1. The molecule has 0 heterocycles. The molecular weight excluding hydrogens is 213 g/mol. The van der Waals surface area contributed by atoms with Gasteiger partial charge in [-0.2, -0.15) is 0 Å². The van der Waals surface area contributed by atoms with E-state index in [2.05, 4.69) is 20.8 Å². The van der Waals surface area contributed by atoms with Crippen LogP contribution in [0.5, 0.6) is 0 Å². The van der Waals surface area contributed by atoms with Crippen LogP contribution in [0.25, 0.3) is 0 Å². The highest BCUT2D eigenvalue weighted by atomic mass is 19.1. The lowest BCUT2D eigenvalue weighted by atomic mass is 9.84. The SMILES string of the molecule is Cc1cc(F)ccc1CCCC(N)C(C)(C)C. The third-order valence-corrected chi connectivity index (χ3v) is 3.38. The summed E-state index contributed by atoms with van der Waals surface area (Å²) in [5.74, 6) is -0.155. The van der Waals surface area contributed by atoms with E-state index >= 15 is 0 Å². The smallest absolute Gasteiger partial charge is 0.123 e. The molecule has 1 rings (SSSR count). The highest BCUT2D eigenvalue weighted by Crippen LogP contribution is 2.22. The lowest BCUT2D eigenvalue weighted by molar-refractivity contribution is 0.301. The first-order valence-corrected chi connectivity index (χ1v) is 6.31. The number of rotatable bonds is 4. The molecule has 2 N–H and O–H groups in total. The molecule has 0 aliphatic heterocycles. The summed E-state index contributed by atoms with van der Waals surface area (Å²) in [7, 11) is 0. The predicted octanol–water partition coefficient (Wildman–Crippen LogP) is 3.83. The van der Waals surface area contributed by atoms with Gasteiger partial charge in [-0.1, -0.05) is 26.8 Å². The molecule has 96 valence electrons. The van der Waals surface area contributed by atoms with Crippen LogP contribution in [0.1, 0.15) is 44.7 Å². The predicted molar refractivity (Wildman–Crippen MR) is 71.5 cm³/mol. The average Bonchev–Trinajstić information content (AvgIpc) is 2.19. The normalized spacial score (nSPS) is 13.8. The molecule has 1 aromatic carbocycles. The van der Waals surface area contributed by atoms with Crippen LogP contribution >= 0.6 is 0 Å². The van der Waals surface area contributed by atoms with Crippen LogP contribution < -0.4 is 5.73 Å². The minimum atomic E-state index is -0.155. The van der Waals surface area contributed by atoms with Crippen molar-refractivity contribution in [3.63, 3.8) is 0 Å². The molecule has 0 saturated carbocycles. The molecule has 1 unspecified atom stereocenters. The lowest BCUT2D eigenvalue weighted by Crippen LogP contribution is -2.34. The zero-order valence-electron chi connectivity index (χ0n) is 11.4. The zero-order valence-corrected chi connectivity index (χ0v) is 11.4. The summed E-state index contributed by atoms with van der Waals surface area (Å²) >= 11 is 0. The Labute approximate surface area is 104 Å². The van der Waals surface area contributed by atoms with Crippen LogP contribution in [0.3, 0.4) is 0 Å². The maximum absolute atomic E-state index is 12.9. The second-order valence-electron chi connectivity index (χ2n) is 5.94. The Kier molecular flexibility index (Phi) is 4.70. The van der Waals surface area contributed by atoms with Crippen LogP contribution in [0, 0.1) is 18.2 Å².